The number of nitrogens with zero attached hydrogens (tertiary/aromatic N) is 2. The fourth-order valence-electron chi connectivity index (χ4n) is 2.68. The molecule has 0 spiro atoms. The van der Waals surface area contributed by atoms with Gasteiger partial charge in [-0.1, -0.05) is 28.9 Å². The maximum absolute atomic E-state index is 11.9. The van der Waals surface area contributed by atoms with Crippen molar-refractivity contribution in [3.05, 3.63) is 42.1 Å². The maximum Gasteiger partial charge on any atom is 0.315 e. The van der Waals surface area contributed by atoms with E-state index in [1.165, 1.54) is 4.90 Å². The summed E-state index contributed by atoms with van der Waals surface area (Å²) in [6.45, 7) is 2.48. The number of hydrogen-bond acceptors (Lipinski definition) is 3. The number of nitrogens with one attached hydrogen (secondary N) is 2. The molecule has 2 aliphatic heterocycles. The van der Waals surface area contributed by atoms with Crippen LogP contribution in [0.1, 0.15) is 6.42 Å². The molecule has 2 aliphatic rings. The van der Waals surface area contributed by atoms with Crippen molar-refractivity contribution in [3.8, 4) is 0 Å². The molecule has 22 heavy (non-hydrogen) atoms. The van der Waals surface area contributed by atoms with Gasteiger partial charge in [0.15, 0.2) is 0 Å². The summed E-state index contributed by atoms with van der Waals surface area (Å²) in [7, 11) is 1.99. The molecule has 2 N–H and O–H groups in total. The van der Waals surface area contributed by atoms with Crippen molar-refractivity contribution in [2.24, 2.45) is 4.36 Å². The minimum Gasteiger partial charge on any atom is -0.334 e. The lowest BCUT2D eigenvalue weighted by atomic mass is 10.3. The van der Waals surface area contributed by atoms with Crippen molar-refractivity contribution in [3.63, 3.8) is 0 Å². The quantitative estimate of drug-likeness (QED) is 0.888. The van der Waals surface area contributed by atoms with Crippen LogP contribution in [0.2, 0.25) is 0 Å². The Hall–Kier alpha value is -1.66. The van der Waals surface area contributed by atoms with Gasteiger partial charge in [0.1, 0.15) is 0 Å². The van der Waals surface area contributed by atoms with Crippen LogP contribution in [0, 0.1) is 0 Å². The van der Waals surface area contributed by atoms with Crippen molar-refractivity contribution in [1.82, 2.24) is 15.5 Å². The van der Waals surface area contributed by atoms with Crippen LogP contribution in [0.15, 0.2) is 51.4 Å². The molecule has 1 fully saturated rings. The molecule has 118 valence electrons. The lowest BCUT2D eigenvalue weighted by Gasteiger charge is -2.13. The van der Waals surface area contributed by atoms with E-state index < -0.39 is 0 Å². The molecule has 0 saturated carbocycles. The summed E-state index contributed by atoms with van der Waals surface area (Å²) in [5, 5.41) is 5.93. The van der Waals surface area contributed by atoms with Crippen LogP contribution in [-0.4, -0.2) is 49.4 Å². The maximum atomic E-state index is 11.9. The van der Waals surface area contributed by atoms with Crippen LogP contribution in [-0.2, 0) is 10.7 Å². The highest BCUT2D eigenvalue weighted by Crippen LogP contribution is 2.17. The van der Waals surface area contributed by atoms with Gasteiger partial charge in [0, 0.05) is 23.2 Å². The highest BCUT2D eigenvalue weighted by atomic mass is 32.2. The van der Waals surface area contributed by atoms with E-state index in [2.05, 4.69) is 40.8 Å². The number of rotatable bonds is 4. The van der Waals surface area contributed by atoms with Gasteiger partial charge in [0.05, 0.1) is 12.2 Å². The molecule has 5 nitrogen and oxygen atoms in total. The summed E-state index contributed by atoms with van der Waals surface area (Å²) in [5.74, 6) is 0.941. The van der Waals surface area contributed by atoms with Crippen molar-refractivity contribution in [2.45, 2.75) is 17.4 Å². The molecule has 0 aromatic heterocycles. The van der Waals surface area contributed by atoms with Crippen LogP contribution in [0.5, 0.6) is 0 Å². The van der Waals surface area contributed by atoms with Crippen LogP contribution >= 0.6 is 0 Å². The largest absolute Gasteiger partial charge is 0.334 e. The SMILES string of the molecule is CN1CC[C@@H](NC(=O)NCC2=CCS(c3ccccc3)=N2)C1. The van der Waals surface area contributed by atoms with E-state index in [0.29, 0.717) is 6.54 Å². The third kappa shape index (κ3) is 3.96. The molecule has 0 radical (unpaired) electrons. The van der Waals surface area contributed by atoms with Gasteiger partial charge in [0.2, 0.25) is 0 Å². The topological polar surface area (TPSA) is 56.7 Å². The first-order valence-electron chi connectivity index (χ1n) is 7.60. The van der Waals surface area contributed by atoms with E-state index >= 15 is 0 Å². The van der Waals surface area contributed by atoms with Crippen LogP contribution < -0.4 is 10.6 Å². The lowest BCUT2D eigenvalue weighted by Crippen LogP contribution is -2.43. The standard InChI is InChI=1S/C16H22N4OS/c1-20-9-7-14(12-20)18-16(21)17-11-13-8-10-22(19-13)15-5-3-2-4-6-15/h2-6,8,14H,7,9-12H2,1H3,(H2,17,18,21)/t14-,22?/m1/s1. The average Bonchev–Trinajstić information content (AvgIpc) is 3.15. The van der Waals surface area contributed by atoms with Gasteiger partial charge in [-0.15, -0.1) is 0 Å². The monoisotopic (exact) mass is 318 g/mol. The summed E-state index contributed by atoms with van der Waals surface area (Å²) < 4.78 is 4.71. The lowest BCUT2D eigenvalue weighted by molar-refractivity contribution is 0.237. The number of urea groups is 1. The molecule has 1 aromatic carbocycles. The van der Waals surface area contributed by atoms with E-state index in [1.807, 2.05) is 18.2 Å². The number of likely N-dealkylation sites (N-methyl/N-ethyl adjacent to an activating group) is 1. The molecule has 0 bridgehead atoms. The fraction of sp³-hybridized carbons (Fsp3) is 0.438. The smallest absolute Gasteiger partial charge is 0.315 e. The number of likely N-dealkylation sites (tertiary alicyclic amines) is 1. The first-order valence-corrected chi connectivity index (χ1v) is 8.95. The average molecular weight is 318 g/mol. The molecular weight excluding hydrogens is 296 g/mol. The molecule has 3 rings (SSSR count). The summed E-state index contributed by atoms with van der Waals surface area (Å²) >= 11 is 0. The minimum atomic E-state index is -0.0945. The first kappa shape index (κ1) is 15.2. The number of benzene rings is 1. The van der Waals surface area contributed by atoms with Crippen LogP contribution in [0.4, 0.5) is 4.79 Å². The molecular formula is C16H22N4OS. The second-order valence-electron chi connectivity index (χ2n) is 5.71. The van der Waals surface area contributed by atoms with Crippen molar-refractivity contribution in [1.29, 1.82) is 0 Å². The van der Waals surface area contributed by atoms with Gasteiger partial charge < -0.3 is 15.5 Å². The fourth-order valence-corrected chi connectivity index (χ4v) is 4.30. The summed E-state index contributed by atoms with van der Waals surface area (Å²) in [4.78, 5) is 15.4. The van der Waals surface area contributed by atoms with Crippen molar-refractivity contribution < 1.29 is 4.79 Å². The Morgan fingerprint density at radius 2 is 2.23 bits per heavy atom. The predicted molar refractivity (Wildman–Crippen MR) is 89.9 cm³/mol. The Kier molecular flexibility index (Phi) is 4.90. The molecule has 6 heteroatoms. The Balaban J connectivity index is 1.46. The number of carbonyl (C=O) groups is 1. The number of amides is 2. The Bertz CT molecular complexity index is 599. The second kappa shape index (κ2) is 7.07. The molecule has 2 heterocycles. The molecule has 1 aromatic rings. The zero-order chi connectivity index (χ0) is 15.4. The van der Waals surface area contributed by atoms with E-state index in [9.17, 15) is 4.79 Å². The Morgan fingerprint density at radius 3 is 2.95 bits per heavy atom. The van der Waals surface area contributed by atoms with Crippen molar-refractivity contribution >= 4 is 16.7 Å². The number of hydrogen-bond donors (Lipinski definition) is 2. The molecule has 1 unspecified atom stereocenters. The van der Waals surface area contributed by atoms with Crippen LogP contribution in [0.25, 0.3) is 0 Å². The summed E-state index contributed by atoms with van der Waals surface area (Å²) in [6.07, 6.45) is 3.15. The summed E-state index contributed by atoms with van der Waals surface area (Å²) in [6, 6.07) is 10.5. The van der Waals surface area contributed by atoms with Crippen LogP contribution in [0.3, 0.4) is 0 Å². The highest BCUT2D eigenvalue weighted by molar-refractivity contribution is 7.87. The first-order chi connectivity index (χ1) is 10.7. The molecule has 0 aliphatic carbocycles. The van der Waals surface area contributed by atoms with E-state index in [1.54, 1.807) is 0 Å². The molecule has 1 saturated heterocycles. The second-order valence-corrected chi connectivity index (χ2v) is 7.42. The molecule has 2 atom stereocenters. The summed E-state index contributed by atoms with van der Waals surface area (Å²) in [5.41, 5.74) is 0.978. The van der Waals surface area contributed by atoms with Crippen molar-refractivity contribution in [2.75, 3.05) is 32.4 Å². The minimum absolute atomic E-state index is 0.0901. The zero-order valence-corrected chi connectivity index (χ0v) is 13.6. The third-order valence-corrected chi connectivity index (χ3v) is 5.63. The van der Waals surface area contributed by atoms with Gasteiger partial charge in [-0.2, -0.15) is 0 Å². The third-order valence-electron chi connectivity index (χ3n) is 3.88. The number of carbonyl (C=O) groups excluding carboxylic acids is 1. The zero-order valence-electron chi connectivity index (χ0n) is 12.8. The van der Waals surface area contributed by atoms with Gasteiger partial charge in [-0.3, -0.25) is 0 Å². The van der Waals surface area contributed by atoms with Gasteiger partial charge in [-0.25, -0.2) is 9.16 Å². The van der Waals surface area contributed by atoms with Gasteiger partial charge in [0.25, 0.3) is 0 Å². The van der Waals surface area contributed by atoms with E-state index in [4.69, 9.17) is 4.36 Å². The van der Waals surface area contributed by atoms with E-state index in [-0.39, 0.29) is 22.8 Å². The Morgan fingerprint density at radius 1 is 1.41 bits per heavy atom. The normalized spacial score (nSPS) is 24.7. The highest BCUT2D eigenvalue weighted by Gasteiger charge is 2.21. The molecule has 2 amide bonds. The van der Waals surface area contributed by atoms with Gasteiger partial charge in [-0.05, 0) is 38.2 Å². The van der Waals surface area contributed by atoms with E-state index in [0.717, 1.165) is 31.0 Å². The van der Waals surface area contributed by atoms with Gasteiger partial charge >= 0.3 is 6.03 Å². The predicted octanol–water partition coefficient (Wildman–Crippen LogP) is 1.75. The Labute approximate surface area is 133 Å².